The number of aromatic nitrogens is 2. The Kier molecular flexibility index (Phi) is 3.06. The van der Waals surface area contributed by atoms with Crippen LogP contribution in [0.1, 0.15) is 21.9 Å². The molecule has 0 amide bonds. The Hall–Kier alpha value is -1.61. The van der Waals surface area contributed by atoms with Crippen LogP contribution in [0.15, 0.2) is 36.5 Å². The first kappa shape index (κ1) is 10.9. The third kappa shape index (κ3) is 1.86. The van der Waals surface area contributed by atoms with E-state index in [0.29, 0.717) is 17.3 Å². The van der Waals surface area contributed by atoms with Gasteiger partial charge in [-0.3, -0.25) is 4.79 Å². The highest BCUT2D eigenvalue weighted by Gasteiger charge is 2.15. The van der Waals surface area contributed by atoms with Gasteiger partial charge in [-0.1, -0.05) is 30.3 Å². The number of imidazole rings is 1. The summed E-state index contributed by atoms with van der Waals surface area (Å²) in [6.45, 7) is 0. The van der Waals surface area contributed by atoms with Gasteiger partial charge in [-0.2, -0.15) is 0 Å². The summed E-state index contributed by atoms with van der Waals surface area (Å²) in [5.74, 6) is 0.687. The number of hydrogen-bond donors (Lipinski definition) is 0. The Morgan fingerprint density at radius 1 is 1.38 bits per heavy atom. The van der Waals surface area contributed by atoms with E-state index in [1.807, 2.05) is 18.2 Å². The number of halogens is 1. The maximum atomic E-state index is 12.1. The third-order valence-electron chi connectivity index (χ3n) is 2.46. The molecule has 1 heterocycles. The van der Waals surface area contributed by atoms with Crippen LogP contribution in [0.25, 0.3) is 0 Å². The molecule has 0 saturated heterocycles. The average molecular weight is 235 g/mol. The summed E-state index contributed by atoms with van der Waals surface area (Å²) in [6, 6.07) is 9.09. The molecule has 0 aliphatic carbocycles. The molecule has 0 aliphatic heterocycles. The van der Waals surface area contributed by atoms with Gasteiger partial charge in [-0.15, -0.1) is 11.6 Å². The Morgan fingerprint density at radius 3 is 2.62 bits per heavy atom. The first-order valence-corrected chi connectivity index (χ1v) is 5.44. The van der Waals surface area contributed by atoms with Gasteiger partial charge in [0.1, 0.15) is 0 Å². The topological polar surface area (TPSA) is 34.9 Å². The highest BCUT2D eigenvalue weighted by molar-refractivity contribution is 6.17. The molecule has 82 valence electrons. The minimum Gasteiger partial charge on any atom is -0.327 e. The zero-order valence-corrected chi connectivity index (χ0v) is 9.61. The number of alkyl halides is 1. The fraction of sp³-hybridized carbons (Fsp3) is 0.167. The molecule has 0 spiro atoms. The van der Waals surface area contributed by atoms with Gasteiger partial charge in [0.15, 0.2) is 5.82 Å². The SMILES string of the molecule is Cn1c(CCl)cnc1C(=O)c1ccccc1. The van der Waals surface area contributed by atoms with Crippen molar-refractivity contribution in [1.29, 1.82) is 0 Å². The van der Waals surface area contributed by atoms with Crippen molar-refractivity contribution in [2.45, 2.75) is 5.88 Å². The Morgan fingerprint density at radius 2 is 2.06 bits per heavy atom. The van der Waals surface area contributed by atoms with Crippen molar-refractivity contribution in [1.82, 2.24) is 9.55 Å². The van der Waals surface area contributed by atoms with E-state index >= 15 is 0 Å². The monoisotopic (exact) mass is 234 g/mol. The van der Waals surface area contributed by atoms with Gasteiger partial charge in [0.2, 0.25) is 5.78 Å². The maximum Gasteiger partial charge on any atom is 0.228 e. The molecule has 1 aromatic heterocycles. The minimum atomic E-state index is -0.0838. The van der Waals surface area contributed by atoms with Gasteiger partial charge >= 0.3 is 0 Å². The van der Waals surface area contributed by atoms with Gasteiger partial charge < -0.3 is 4.57 Å². The molecule has 0 radical (unpaired) electrons. The lowest BCUT2D eigenvalue weighted by atomic mass is 10.1. The summed E-state index contributed by atoms with van der Waals surface area (Å²) in [4.78, 5) is 16.2. The van der Waals surface area contributed by atoms with Crippen LogP contribution in [0.4, 0.5) is 0 Å². The van der Waals surface area contributed by atoms with E-state index < -0.39 is 0 Å². The Bertz CT molecular complexity index is 505. The number of hydrogen-bond acceptors (Lipinski definition) is 2. The molecule has 4 heteroatoms. The number of benzene rings is 1. The molecule has 0 bridgehead atoms. The van der Waals surface area contributed by atoms with E-state index in [4.69, 9.17) is 11.6 Å². The van der Waals surface area contributed by atoms with Crippen molar-refractivity contribution in [3.63, 3.8) is 0 Å². The average Bonchev–Trinajstić information content (AvgIpc) is 2.70. The fourth-order valence-corrected chi connectivity index (χ4v) is 1.75. The van der Waals surface area contributed by atoms with Gasteiger partial charge in [-0.25, -0.2) is 4.98 Å². The van der Waals surface area contributed by atoms with Crippen LogP contribution in [0, 0.1) is 0 Å². The minimum absolute atomic E-state index is 0.0838. The number of nitrogens with zero attached hydrogens (tertiary/aromatic N) is 2. The lowest BCUT2D eigenvalue weighted by Gasteiger charge is -2.02. The van der Waals surface area contributed by atoms with Crippen LogP contribution >= 0.6 is 11.6 Å². The summed E-state index contributed by atoms with van der Waals surface area (Å²) < 4.78 is 1.72. The summed E-state index contributed by atoms with van der Waals surface area (Å²) in [5, 5.41) is 0. The standard InChI is InChI=1S/C12H11ClN2O/c1-15-10(7-13)8-14-12(15)11(16)9-5-3-2-4-6-9/h2-6,8H,7H2,1H3. The summed E-state index contributed by atoms with van der Waals surface area (Å²) in [5.41, 5.74) is 1.47. The lowest BCUT2D eigenvalue weighted by molar-refractivity contribution is 0.102. The number of carbonyl (C=O) groups excluding carboxylic acids is 1. The van der Waals surface area contributed by atoms with Gasteiger partial charge in [0.05, 0.1) is 17.8 Å². The first-order valence-electron chi connectivity index (χ1n) is 4.90. The highest BCUT2D eigenvalue weighted by atomic mass is 35.5. The smallest absolute Gasteiger partial charge is 0.228 e. The van der Waals surface area contributed by atoms with E-state index in [1.165, 1.54) is 0 Å². The molecule has 16 heavy (non-hydrogen) atoms. The van der Waals surface area contributed by atoms with E-state index in [0.717, 1.165) is 5.69 Å². The van der Waals surface area contributed by atoms with Gasteiger partial charge in [-0.05, 0) is 0 Å². The first-order chi connectivity index (χ1) is 7.74. The molecule has 0 fully saturated rings. The van der Waals surface area contributed by atoms with E-state index in [9.17, 15) is 4.79 Å². The molecular formula is C12H11ClN2O. The summed E-state index contributed by atoms with van der Waals surface area (Å²) >= 11 is 5.72. The van der Waals surface area contributed by atoms with Crippen LogP contribution in [0.5, 0.6) is 0 Å². The van der Waals surface area contributed by atoms with E-state index in [1.54, 1.807) is 29.9 Å². The molecule has 0 atom stereocenters. The molecule has 2 rings (SSSR count). The van der Waals surface area contributed by atoms with Crippen molar-refractivity contribution < 1.29 is 4.79 Å². The fourth-order valence-electron chi connectivity index (χ4n) is 1.50. The molecule has 1 aromatic carbocycles. The van der Waals surface area contributed by atoms with Crippen molar-refractivity contribution in [2.75, 3.05) is 0 Å². The number of carbonyl (C=O) groups is 1. The second-order valence-corrected chi connectivity index (χ2v) is 3.73. The third-order valence-corrected chi connectivity index (χ3v) is 2.73. The molecule has 0 aliphatic rings. The molecule has 0 unspecified atom stereocenters. The second-order valence-electron chi connectivity index (χ2n) is 3.46. The summed E-state index contributed by atoms with van der Waals surface area (Å²) in [6.07, 6.45) is 1.63. The van der Waals surface area contributed by atoms with E-state index in [2.05, 4.69) is 4.98 Å². The second kappa shape index (κ2) is 4.49. The quantitative estimate of drug-likeness (QED) is 0.604. The molecule has 2 aromatic rings. The predicted molar refractivity (Wildman–Crippen MR) is 62.6 cm³/mol. The molecular weight excluding hydrogens is 224 g/mol. The largest absolute Gasteiger partial charge is 0.327 e. The molecule has 0 N–H and O–H groups in total. The van der Waals surface area contributed by atoms with Crippen molar-refractivity contribution in [3.8, 4) is 0 Å². The Balaban J connectivity index is 2.38. The predicted octanol–water partition coefficient (Wildman–Crippen LogP) is 2.39. The molecule has 0 saturated carbocycles. The maximum absolute atomic E-state index is 12.1. The number of rotatable bonds is 3. The highest BCUT2D eigenvalue weighted by Crippen LogP contribution is 2.11. The normalized spacial score (nSPS) is 10.4. The number of ketones is 1. The zero-order chi connectivity index (χ0) is 11.5. The van der Waals surface area contributed by atoms with Gasteiger partial charge in [0, 0.05) is 12.6 Å². The van der Waals surface area contributed by atoms with Crippen molar-refractivity contribution in [2.24, 2.45) is 7.05 Å². The van der Waals surface area contributed by atoms with Gasteiger partial charge in [0.25, 0.3) is 0 Å². The van der Waals surface area contributed by atoms with Crippen molar-refractivity contribution >= 4 is 17.4 Å². The van der Waals surface area contributed by atoms with Crippen LogP contribution in [0.2, 0.25) is 0 Å². The van der Waals surface area contributed by atoms with Crippen LogP contribution < -0.4 is 0 Å². The van der Waals surface area contributed by atoms with Crippen molar-refractivity contribution in [3.05, 3.63) is 53.6 Å². The van der Waals surface area contributed by atoms with Crippen LogP contribution in [-0.4, -0.2) is 15.3 Å². The van der Waals surface area contributed by atoms with Crippen LogP contribution in [-0.2, 0) is 12.9 Å². The Labute approximate surface area is 98.7 Å². The zero-order valence-electron chi connectivity index (χ0n) is 8.85. The molecule has 3 nitrogen and oxygen atoms in total. The lowest BCUT2D eigenvalue weighted by Crippen LogP contribution is -2.09. The van der Waals surface area contributed by atoms with Crippen LogP contribution in [0.3, 0.4) is 0 Å². The summed E-state index contributed by atoms with van der Waals surface area (Å²) in [7, 11) is 1.79. The van der Waals surface area contributed by atoms with E-state index in [-0.39, 0.29) is 5.78 Å².